The van der Waals surface area contributed by atoms with Crippen LogP contribution in [0.4, 0.5) is 8.78 Å². The maximum absolute atomic E-state index is 13.0. The van der Waals surface area contributed by atoms with Gasteiger partial charge in [-0.2, -0.15) is 8.78 Å². The van der Waals surface area contributed by atoms with Gasteiger partial charge in [0.25, 0.3) is 5.91 Å². The van der Waals surface area contributed by atoms with E-state index in [-0.39, 0.29) is 29.6 Å². The van der Waals surface area contributed by atoms with Gasteiger partial charge in [-0.05, 0) is 45.0 Å². The van der Waals surface area contributed by atoms with Crippen LogP contribution in [0.25, 0.3) is 0 Å². The molecule has 0 saturated carbocycles. The van der Waals surface area contributed by atoms with E-state index in [1.54, 1.807) is 18.2 Å². The molecule has 2 aromatic rings. The van der Waals surface area contributed by atoms with E-state index < -0.39 is 12.5 Å². The molecule has 2 rings (SSSR count). The molecule has 5 nitrogen and oxygen atoms in total. The van der Waals surface area contributed by atoms with Gasteiger partial charge in [-0.1, -0.05) is 6.07 Å². The molecule has 7 heteroatoms. The highest BCUT2D eigenvalue weighted by atomic mass is 19.3. The molecule has 136 valence electrons. The Morgan fingerprint density at radius 1 is 1.24 bits per heavy atom. The molecule has 0 saturated heterocycles. The number of carbonyl (C=O) groups excluding carboxylic acids is 1. The second-order valence-electron chi connectivity index (χ2n) is 5.75. The number of hydrogen-bond acceptors (Lipinski definition) is 4. The summed E-state index contributed by atoms with van der Waals surface area (Å²) in [5.74, 6) is 0.696. The lowest BCUT2D eigenvalue weighted by Crippen LogP contribution is -2.36. The van der Waals surface area contributed by atoms with Crippen LogP contribution in [-0.4, -0.2) is 30.6 Å². The number of methoxy groups -OCH3 is 1. The third-order valence-corrected chi connectivity index (χ3v) is 3.64. The van der Waals surface area contributed by atoms with Crippen LogP contribution < -0.4 is 9.47 Å². The zero-order valence-corrected chi connectivity index (χ0v) is 14.6. The number of nitrogens with zero attached hydrogens (tertiary/aromatic N) is 1. The van der Waals surface area contributed by atoms with Gasteiger partial charge in [-0.15, -0.1) is 0 Å². The standard InChI is InChI=1S/C18H21F2NO4/c1-11(2)21(10-13-9-8-12(3)24-13)17(22)14-6-5-7-15(23-4)16(14)25-18(19)20/h5-9,11,18H,10H2,1-4H3. The Bertz CT molecular complexity index is 728. The molecule has 0 radical (unpaired) electrons. The highest BCUT2D eigenvalue weighted by Gasteiger charge is 2.26. The van der Waals surface area contributed by atoms with Crippen molar-refractivity contribution >= 4 is 5.91 Å². The predicted octanol–water partition coefficient (Wildman–Crippen LogP) is 4.25. The molecule has 1 aromatic carbocycles. The summed E-state index contributed by atoms with van der Waals surface area (Å²) < 4.78 is 40.7. The minimum atomic E-state index is -3.07. The van der Waals surface area contributed by atoms with Crippen LogP contribution in [0.3, 0.4) is 0 Å². The largest absolute Gasteiger partial charge is 0.493 e. The quantitative estimate of drug-likeness (QED) is 0.747. The fraction of sp³-hybridized carbons (Fsp3) is 0.389. The number of ether oxygens (including phenoxy) is 2. The van der Waals surface area contributed by atoms with E-state index >= 15 is 0 Å². The van der Waals surface area contributed by atoms with E-state index in [0.717, 1.165) is 5.76 Å². The predicted molar refractivity (Wildman–Crippen MR) is 88.1 cm³/mol. The number of para-hydroxylation sites is 1. The summed E-state index contributed by atoms with van der Waals surface area (Å²) in [6, 6.07) is 7.86. The number of halogens is 2. The van der Waals surface area contributed by atoms with Crippen molar-refractivity contribution in [2.75, 3.05) is 7.11 Å². The smallest absolute Gasteiger partial charge is 0.387 e. The molecular weight excluding hydrogens is 332 g/mol. The molecule has 1 heterocycles. The summed E-state index contributed by atoms with van der Waals surface area (Å²) in [6.07, 6.45) is 0. The minimum Gasteiger partial charge on any atom is -0.493 e. The number of rotatable bonds is 7. The topological polar surface area (TPSA) is 51.9 Å². The zero-order chi connectivity index (χ0) is 18.6. The molecule has 0 bridgehead atoms. The first kappa shape index (κ1) is 18.8. The average Bonchev–Trinajstić information content (AvgIpc) is 2.96. The Labute approximate surface area is 145 Å². The Balaban J connectivity index is 2.38. The number of amides is 1. The Hall–Kier alpha value is -2.57. The van der Waals surface area contributed by atoms with Crippen LogP contribution in [0.1, 0.15) is 35.7 Å². The van der Waals surface area contributed by atoms with Gasteiger partial charge in [-0.25, -0.2) is 0 Å². The lowest BCUT2D eigenvalue weighted by atomic mass is 10.1. The molecule has 1 aromatic heterocycles. The van der Waals surface area contributed by atoms with Crippen molar-refractivity contribution in [1.82, 2.24) is 4.90 Å². The Morgan fingerprint density at radius 2 is 1.96 bits per heavy atom. The third-order valence-electron chi connectivity index (χ3n) is 3.64. The van der Waals surface area contributed by atoms with Gasteiger partial charge >= 0.3 is 6.61 Å². The van der Waals surface area contributed by atoms with Crippen LogP contribution in [0.2, 0.25) is 0 Å². The molecule has 0 aliphatic carbocycles. The first-order valence-electron chi connectivity index (χ1n) is 7.81. The van der Waals surface area contributed by atoms with Crippen LogP contribution >= 0.6 is 0 Å². The van der Waals surface area contributed by atoms with Crippen LogP contribution in [0.5, 0.6) is 11.5 Å². The third kappa shape index (κ3) is 4.49. The van der Waals surface area contributed by atoms with Crippen molar-refractivity contribution in [3.05, 3.63) is 47.4 Å². The first-order chi connectivity index (χ1) is 11.8. The van der Waals surface area contributed by atoms with E-state index in [1.165, 1.54) is 24.1 Å². The second-order valence-corrected chi connectivity index (χ2v) is 5.75. The molecule has 0 atom stereocenters. The van der Waals surface area contributed by atoms with Crippen molar-refractivity contribution in [2.24, 2.45) is 0 Å². The Morgan fingerprint density at radius 3 is 2.48 bits per heavy atom. The van der Waals surface area contributed by atoms with Gasteiger partial charge in [-0.3, -0.25) is 4.79 Å². The summed E-state index contributed by atoms with van der Waals surface area (Å²) >= 11 is 0. The van der Waals surface area contributed by atoms with Crippen LogP contribution in [0, 0.1) is 6.92 Å². The molecule has 25 heavy (non-hydrogen) atoms. The van der Waals surface area contributed by atoms with E-state index in [1.807, 2.05) is 20.8 Å². The lowest BCUT2D eigenvalue weighted by Gasteiger charge is -2.27. The van der Waals surface area contributed by atoms with Gasteiger partial charge in [0.2, 0.25) is 0 Å². The summed E-state index contributed by atoms with van der Waals surface area (Å²) in [6.45, 7) is 2.63. The monoisotopic (exact) mass is 353 g/mol. The highest BCUT2D eigenvalue weighted by molar-refractivity contribution is 5.98. The number of furan rings is 1. The molecule has 0 spiro atoms. The second kappa shape index (κ2) is 8.00. The summed E-state index contributed by atoms with van der Waals surface area (Å²) in [7, 11) is 1.33. The van der Waals surface area contributed by atoms with E-state index in [9.17, 15) is 13.6 Å². The normalized spacial score (nSPS) is 11.0. The van der Waals surface area contributed by atoms with E-state index in [4.69, 9.17) is 9.15 Å². The molecular formula is C18H21F2NO4. The van der Waals surface area contributed by atoms with Gasteiger partial charge < -0.3 is 18.8 Å². The van der Waals surface area contributed by atoms with Gasteiger partial charge in [0.1, 0.15) is 11.5 Å². The molecule has 0 fully saturated rings. The number of hydrogen-bond donors (Lipinski definition) is 0. The Kier molecular flexibility index (Phi) is 6.01. The van der Waals surface area contributed by atoms with Crippen LogP contribution in [-0.2, 0) is 6.54 Å². The summed E-state index contributed by atoms with van der Waals surface area (Å²) in [5, 5.41) is 0. The molecule has 0 N–H and O–H groups in total. The zero-order valence-electron chi connectivity index (χ0n) is 14.6. The molecule has 1 amide bonds. The fourth-order valence-corrected chi connectivity index (χ4v) is 2.44. The van der Waals surface area contributed by atoms with Crippen molar-refractivity contribution < 1.29 is 27.5 Å². The number of carbonyl (C=O) groups is 1. The minimum absolute atomic E-state index is 0.0108. The first-order valence-corrected chi connectivity index (χ1v) is 7.81. The highest BCUT2D eigenvalue weighted by Crippen LogP contribution is 2.33. The maximum Gasteiger partial charge on any atom is 0.387 e. The molecule has 0 aliphatic heterocycles. The lowest BCUT2D eigenvalue weighted by molar-refractivity contribution is -0.0517. The number of aryl methyl sites for hydroxylation is 1. The summed E-state index contributed by atoms with van der Waals surface area (Å²) in [5.41, 5.74) is 0.0108. The van der Waals surface area contributed by atoms with Gasteiger partial charge in [0.05, 0.1) is 19.2 Å². The van der Waals surface area contributed by atoms with E-state index in [2.05, 4.69) is 4.74 Å². The maximum atomic E-state index is 13.0. The fourth-order valence-electron chi connectivity index (χ4n) is 2.44. The van der Waals surface area contributed by atoms with Crippen LogP contribution in [0.15, 0.2) is 34.7 Å². The van der Waals surface area contributed by atoms with Crippen molar-refractivity contribution in [3.8, 4) is 11.5 Å². The summed E-state index contributed by atoms with van der Waals surface area (Å²) in [4.78, 5) is 14.5. The average molecular weight is 353 g/mol. The van der Waals surface area contributed by atoms with Crippen molar-refractivity contribution in [2.45, 2.75) is 40.0 Å². The van der Waals surface area contributed by atoms with Gasteiger partial charge in [0, 0.05) is 6.04 Å². The van der Waals surface area contributed by atoms with Crippen molar-refractivity contribution in [3.63, 3.8) is 0 Å². The molecule has 0 aliphatic rings. The van der Waals surface area contributed by atoms with Crippen molar-refractivity contribution in [1.29, 1.82) is 0 Å². The SMILES string of the molecule is COc1cccc(C(=O)N(Cc2ccc(C)o2)C(C)C)c1OC(F)F. The van der Waals surface area contributed by atoms with E-state index in [0.29, 0.717) is 5.76 Å². The molecule has 0 unspecified atom stereocenters. The number of benzene rings is 1. The number of alkyl halides is 2. The van der Waals surface area contributed by atoms with Gasteiger partial charge in [0.15, 0.2) is 11.5 Å².